The van der Waals surface area contributed by atoms with Gasteiger partial charge < -0.3 is 24.7 Å². The van der Waals surface area contributed by atoms with Crippen molar-refractivity contribution in [3.63, 3.8) is 0 Å². The van der Waals surface area contributed by atoms with Gasteiger partial charge in [0.2, 0.25) is 17.1 Å². The molecule has 0 saturated heterocycles. The molecule has 0 bridgehead atoms. The number of halogens is 3. The van der Waals surface area contributed by atoms with Crippen molar-refractivity contribution in [1.82, 2.24) is 0 Å². The minimum atomic E-state index is -4.85. The predicted octanol–water partition coefficient (Wildman–Crippen LogP) is 2.25. The van der Waals surface area contributed by atoms with Crippen LogP contribution in [0.15, 0.2) is 51.0 Å². The van der Waals surface area contributed by atoms with Gasteiger partial charge in [0.05, 0.1) is 5.92 Å². The molecule has 1 aromatic heterocycles. The van der Waals surface area contributed by atoms with E-state index in [2.05, 4.69) is 4.74 Å². The van der Waals surface area contributed by atoms with E-state index in [1.165, 1.54) is 12.1 Å². The summed E-state index contributed by atoms with van der Waals surface area (Å²) in [5.41, 5.74) is 5.31. The van der Waals surface area contributed by atoms with Crippen LogP contribution in [0.1, 0.15) is 23.0 Å². The Balaban J connectivity index is 2.12. The molecule has 7 nitrogen and oxygen atoms in total. The fraction of sp³-hybridized carbons (Fsp3) is 0.176. The lowest BCUT2D eigenvalue weighted by Gasteiger charge is -2.24. The number of fused-ring (bicyclic) bond motifs is 1. The molecule has 0 aliphatic carbocycles. The third-order valence-corrected chi connectivity index (χ3v) is 3.73. The highest BCUT2D eigenvalue weighted by molar-refractivity contribution is 5.52. The van der Waals surface area contributed by atoms with E-state index >= 15 is 0 Å². The van der Waals surface area contributed by atoms with E-state index in [1.807, 2.05) is 6.07 Å². The zero-order chi connectivity index (χ0) is 19.8. The highest BCUT2D eigenvalue weighted by Crippen LogP contribution is 2.41. The average molecular weight is 380 g/mol. The maximum absolute atomic E-state index is 12.3. The van der Waals surface area contributed by atoms with Gasteiger partial charge in [0.25, 0.3) is 0 Å². The Morgan fingerprint density at radius 2 is 1.96 bits per heavy atom. The number of aliphatic hydroxyl groups is 1. The van der Waals surface area contributed by atoms with Crippen molar-refractivity contribution in [2.24, 2.45) is 5.73 Å². The Hall–Kier alpha value is -3.45. The van der Waals surface area contributed by atoms with Gasteiger partial charge in [0.1, 0.15) is 29.8 Å². The van der Waals surface area contributed by atoms with Crippen molar-refractivity contribution in [3.05, 3.63) is 69.1 Å². The summed E-state index contributed by atoms with van der Waals surface area (Å²) in [6.07, 6.45) is -4.85. The van der Waals surface area contributed by atoms with Gasteiger partial charge in [0.15, 0.2) is 5.76 Å². The molecular weight excluding hydrogens is 369 g/mol. The summed E-state index contributed by atoms with van der Waals surface area (Å²) in [6, 6.07) is 7.52. The van der Waals surface area contributed by atoms with Crippen molar-refractivity contribution in [1.29, 1.82) is 5.26 Å². The normalized spacial score (nSPS) is 16.3. The molecular formula is C17H11F3N2O5. The molecule has 1 aliphatic rings. The monoisotopic (exact) mass is 380 g/mol. The first kappa shape index (κ1) is 18.3. The summed E-state index contributed by atoms with van der Waals surface area (Å²) in [4.78, 5) is 12.2. The van der Waals surface area contributed by atoms with Gasteiger partial charge in [-0.15, -0.1) is 13.2 Å². The highest BCUT2D eigenvalue weighted by atomic mass is 19.4. The lowest BCUT2D eigenvalue weighted by molar-refractivity contribution is -0.274. The number of nitrogens with two attached hydrogens (primary N) is 1. The van der Waals surface area contributed by atoms with Crippen molar-refractivity contribution < 1.29 is 32.2 Å². The molecule has 3 rings (SSSR count). The summed E-state index contributed by atoms with van der Waals surface area (Å²) in [6.45, 7) is -0.575. The summed E-state index contributed by atoms with van der Waals surface area (Å²) < 4.78 is 51.4. The maximum atomic E-state index is 12.3. The SMILES string of the molecule is N#CC1=C(N)Oc2c(oc(CO)cc2=O)C1c1ccc(OC(F)(F)F)cc1. The van der Waals surface area contributed by atoms with Crippen LogP contribution in [0.5, 0.6) is 11.5 Å². The molecule has 0 saturated carbocycles. The minimum absolute atomic E-state index is 0.0675. The fourth-order valence-electron chi connectivity index (χ4n) is 2.66. The molecule has 1 atom stereocenters. The third kappa shape index (κ3) is 3.58. The van der Waals surface area contributed by atoms with Crippen LogP contribution in [0.25, 0.3) is 0 Å². The molecule has 140 valence electrons. The standard InChI is InChI=1S/C17H11F3N2O5/c18-17(19,20)27-9-3-1-8(2-4-9)13-11(6-21)16(22)26-14-12(24)5-10(7-23)25-15(13)14/h1-5,13,23H,7,22H2. The number of allylic oxidation sites excluding steroid dienone is 1. The first-order valence-electron chi connectivity index (χ1n) is 7.44. The molecule has 10 heteroatoms. The van der Waals surface area contributed by atoms with Crippen molar-refractivity contribution >= 4 is 0 Å². The topological polar surface area (TPSA) is 119 Å². The van der Waals surface area contributed by atoms with Gasteiger partial charge in [-0.25, -0.2) is 0 Å². The van der Waals surface area contributed by atoms with E-state index in [0.29, 0.717) is 5.56 Å². The van der Waals surface area contributed by atoms with Crippen LogP contribution >= 0.6 is 0 Å². The second kappa shape index (κ2) is 6.69. The van der Waals surface area contributed by atoms with Crippen LogP contribution in [-0.2, 0) is 6.61 Å². The number of ether oxygens (including phenoxy) is 2. The minimum Gasteiger partial charge on any atom is -0.458 e. The summed E-state index contributed by atoms with van der Waals surface area (Å²) in [7, 11) is 0. The maximum Gasteiger partial charge on any atom is 0.573 e. The molecule has 27 heavy (non-hydrogen) atoms. The number of alkyl halides is 3. The highest BCUT2D eigenvalue weighted by Gasteiger charge is 2.35. The van der Waals surface area contributed by atoms with Crippen LogP contribution in [0.2, 0.25) is 0 Å². The van der Waals surface area contributed by atoms with Crippen molar-refractivity contribution in [2.75, 3.05) is 0 Å². The molecule has 1 aliphatic heterocycles. The summed E-state index contributed by atoms with van der Waals surface area (Å²) in [5.74, 6) is -2.19. The van der Waals surface area contributed by atoms with E-state index in [9.17, 15) is 28.3 Å². The van der Waals surface area contributed by atoms with E-state index in [0.717, 1.165) is 18.2 Å². The Bertz CT molecular complexity index is 1000. The third-order valence-electron chi connectivity index (χ3n) is 3.73. The summed E-state index contributed by atoms with van der Waals surface area (Å²) >= 11 is 0. The second-order valence-corrected chi connectivity index (χ2v) is 5.47. The molecule has 2 heterocycles. The van der Waals surface area contributed by atoms with E-state index < -0.39 is 30.1 Å². The molecule has 0 spiro atoms. The number of benzene rings is 1. The first-order chi connectivity index (χ1) is 12.7. The van der Waals surface area contributed by atoms with Crippen LogP contribution < -0.4 is 20.6 Å². The predicted molar refractivity (Wildman–Crippen MR) is 83.3 cm³/mol. The van der Waals surface area contributed by atoms with Gasteiger partial charge in [0, 0.05) is 6.07 Å². The average Bonchev–Trinajstić information content (AvgIpc) is 2.60. The van der Waals surface area contributed by atoms with Crippen molar-refractivity contribution in [2.45, 2.75) is 18.9 Å². The molecule has 0 amide bonds. The number of aliphatic hydroxyl groups excluding tert-OH is 1. The Morgan fingerprint density at radius 3 is 2.52 bits per heavy atom. The smallest absolute Gasteiger partial charge is 0.458 e. The van der Waals surface area contributed by atoms with Crippen molar-refractivity contribution in [3.8, 4) is 17.6 Å². The Labute approximate surface area is 149 Å². The first-order valence-corrected chi connectivity index (χ1v) is 7.44. The van der Waals surface area contributed by atoms with E-state index in [1.54, 1.807) is 0 Å². The molecule has 0 radical (unpaired) electrons. The van der Waals surface area contributed by atoms with Crippen LogP contribution in [-0.4, -0.2) is 11.5 Å². The van der Waals surface area contributed by atoms with Gasteiger partial charge in [-0.2, -0.15) is 5.26 Å². The van der Waals surface area contributed by atoms with E-state index in [4.69, 9.17) is 14.9 Å². The largest absolute Gasteiger partial charge is 0.573 e. The zero-order valence-corrected chi connectivity index (χ0v) is 13.4. The lowest BCUT2D eigenvalue weighted by atomic mass is 9.87. The lowest BCUT2D eigenvalue weighted by Crippen LogP contribution is -2.25. The van der Waals surface area contributed by atoms with Gasteiger partial charge in [-0.3, -0.25) is 4.79 Å². The van der Waals surface area contributed by atoms with Crippen LogP contribution in [0.3, 0.4) is 0 Å². The zero-order valence-electron chi connectivity index (χ0n) is 13.4. The number of rotatable bonds is 3. The number of nitrogens with zero attached hydrogens (tertiary/aromatic N) is 1. The van der Waals surface area contributed by atoms with Gasteiger partial charge in [-0.1, -0.05) is 12.1 Å². The van der Waals surface area contributed by atoms with Gasteiger partial charge in [-0.05, 0) is 17.7 Å². The fourth-order valence-corrected chi connectivity index (χ4v) is 2.66. The number of nitriles is 1. The van der Waals surface area contributed by atoms with Crippen LogP contribution in [0.4, 0.5) is 13.2 Å². The Kier molecular flexibility index (Phi) is 4.55. The summed E-state index contributed by atoms with van der Waals surface area (Å²) in [5, 5.41) is 18.7. The molecule has 1 unspecified atom stereocenters. The molecule has 2 aromatic rings. The molecule has 0 fully saturated rings. The second-order valence-electron chi connectivity index (χ2n) is 5.47. The molecule has 1 aromatic carbocycles. The van der Waals surface area contributed by atoms with Gasteiger partial charge >= 0.3 is 6.36 Å². The quantitative estimate of drug-likeness (QED) is 0.838. The molecule has 3 N–H and O–H groups in total. The Morgan fingerprint density at radius 1 is 1.30 bits per heavy atom. The number of hydrogen-bond donors (Lipinski definition) is 2. The number of hydrogen-bond acceptors (Lipinski definition) is 7. The van der Waals surface area contributed by atoms with Crippen LogP contribution in [0, 0.1) is 11.3 Å². The van der Waals surface area contributed by atoms with E-state index in [-0.39, 0.29) is 28.7 Å².